The van der Waals surface area contributed by atoms with Crippen molar-refractivity contribution in [3.05, 3.63) is 114 Å². The van der Waals surface area contributed by atoms with Crippen molar-refractivity contribution in [3.63, 3.8) is 0 Å². The summed E-state index contributed by atoms with van der Waals surface area (Å²) in [6.45, 7) is 1.78. The van der Waals surface area contributed by atoms with Crippen LogP contribution in [0.3, 0.4) is 0 Å². The van der Waals surface area contributed by atoms with Crippen LogP contribution < -0.4 is 9.46 Å². The zero-order valence-corrected chi connectivity index (χ0v) is 19.3. The summed E-state index contributed by atoms with van der Waals surface area (Å²) in [6, 6.07) is 29.7. The van der Waals surface area contributed by atoms with Crippen LogP contribution in [-0.2, 0) is 16.4 Å². The van der Waals surface area contributed by atoms with Gasteiger partial charge in [0.25, 0.3) is 10.0 Å². The van der Waals surface area contributed by atoms with E-state index >= 15 is 0 Å². The standard InChI is InChI=1S/C27H23N3O3S/c1-19-7-5-6-10-26(19)34(31,32)30-21-13-16-24-25(18-21)29-27(28-24)17-20-11-14-23(15-12-20)33-22-8-3-2-4-9-22/h2-16,18,30H,17H2,1H3,(H,28,29). The molecule has 1 heterocycles. The molecule has 0 saturated carbocycles. The van der Waals surface area contributed by atoms with E-state index in [2.05, 4.69) is 14.7 Å². The van der Waals surface area contributed by atoms with Crippen LogP contribution in [0.1, 0.15) is 17.0 Å². The minimum Gasteiger partial charge on any atom is -0.457 e. The van der Waals surface area contributed by atoms with Crippen molar-refractivity contribution in [3.8, 4) is 11.5 Å². The van der Waals surface area contributed by atoms with E-state index in [1.54, 1.807) is 37.3 Å². The average Bonchev–Trinajstić information content (AvgIpc) is 3.22. The number of aromatic amines is 1. The molecule has 0 fully saturated rings. The average molecular weight is 470 g/mol. The van der Waals surface area contributed by atoms with Crippen LogP contribution in [0.4, 0.5) is 5.69 Å². The molecule has 0 bridgehead atoms. The highest BCUT2D eigenvalue weighted by atomic mass is 32.2. The Morgan fingerprint density at radius 1 is 0.853 bits per heavy atom. The van der Waals surface area contributed by atoms with Gasteiger partial charge in [0.2, 0.25) is 0 Å². The summed E-state index contributed by atoms with van der Waals surface area (Å²) in [7, 11) is -3.68. The van der Waals surface area contributed by atoms with Crippen molar-refractivity contribution in [2.75, 3.05) is 4.72 Å². The Morgan fingerprint density at radius 2 is 1.56 bits per heavy atom. The van der Waals surface area contributed by atoms with Crippen molar-refractivity contribution in [2.45, 2.75) is 18.2 Å². The second kappa shape index (κ2) is 9.03. The molecule has 5 rings (SSSR count). The predicted molar refractivity (Wildman–Crippen MR) is 134 cm³/mol. The fourth-order valence-electron chi connectivity index (χ4n) is 3.77. The van der Waals surface area contributed by atoms with E-state index in [-0.39, 0.29) is 4.90 Å². The van der Waals surface area contributed by atoms with E-state index in [9.17, 15) is 8.42 Å². The SMILES string of the molecule is Cc1ccccc1S(=O)(=O)Nc1ccc2nc(Cc3ccc(Oc4ccccc4)cc3)[nH]c2c1. The van der Waals surface area contributed by atoms with Gasteiger partial charge >= 0.3 is 0 Å². The number of nitrogens with one attached hydrogen (secondary N) is 2. The predicted octanol–water partition coefficient (Wildman–Crippen LogP) is 6.06. The fraction of sp³-hybridized carbons (Fsp3) is 0.0741. The Kier molecular flexibility index (Phi) is 5.77. The van der Waals surface area contributed by atoms with Crippen LogP contribution in [0.25, 0.3) is 11.0 Å². The number of rotatable bonds is 7. The van der Waals surface area contributed by atoms with Crippen LogP contribution in [0.15, 0.2) is 102 Å². The molecule has 5 aromatic rings. The molecule has 0 atom stereocenters. The van der Waals surface area contributed by atoms with Crippen LogP contribution in [0.2, 0.25) is 0 Å². The van der Waals surface area contributed by atoms with Crippen LogP contribution in [0, 0.1) is 6.92 Å². The maximum Gasteiger partial charge on any atom is 0.262 e. The minimum absolute atomic E-state index is 0.264. The Labute approximate surface area is 198 Å². The number of hydrogen-bond donors (Lipinski definition) is 2. The fourth-order valence-corrected chi connectivity index (χ4v) is 5.07. The lowest BCUT2D eigenvalue weighted by Gasteiger charge is -2.10. The van der Waals surface area contributed by atoms with E-state index in [0.717, 1.165) is 33.9 Å². The number of hydrogen-bond acceptors (Lipinski definition) is 4. The zero-order valence-electron chi connectivity index (χ0n) is 18.5. The number of nitrogens with zero attached hydrogens (tertiary/aromatic N) is 1. The van der Waals surface area contributed by atoms with E-state index in [1.165, 1.54) is 0 Å². The first-order valence-corrected chi connectivity index (χ1v) is 12.3. The van der Waals surface area contributed by atoms with Gasteiger partial charge in [0.1, 0.15) is 17.3 Å². The molecule has 0 spiro atoms. The highest BCUT2D eigenvalue weighted by Gasteiger charge is 2.17. The second-order valence-electron chi connectivity index (χ2n) is 8.02. The first kappa shape index (κ1) is 21.7. The number of anilines is 1. The largest absolute Gasteiger partial charge is 0.457 e. The molecule has 0 saturated heterocycles. The van der Waals surface area contributed by atoms with Gasteiger partial charge in [-0.1, -0.05) is 48.5 Å². The van der Waals surface area contributed by atoms with Crippen molar-refractivity contribution in [2.24, 2.45) is 0 Å². The zero-order chi connectivity index (χ0) is 23.5. The van der Waals surface area contributed by atoms with Gasteiger partial charge in [-0.05, 0) is 66.6 Å². The summed E-state index contributed by atoms with van der Waals surface area (Å²) < 4.78 is 34.1. The van der Waals surface area contributed by atoms with Crippen LogP contribution in [0.5, 0.6) is 11.5 Å². The number of ether oxygens (including phenoxy) is 1. The molecule has 6 nitrogen and oxygen atoms in total. The number of H-pyrrole nitrogens is 1. The number of aryl methyl sites for hydroxylation is 1. The molecule has 0 radical (unpaired) electrons. The molecular formula is C27H23N3O3S. The normalized spacial score (nSPS) is 11.4. The van der Waals surface area contributed by atoms with Gasteiger partial charge in [-0.25, -0.2) is 13.4 Å². The summed E-state index contributed by atoms with van der Waals surface area (Å²) >= 11 is 0. The van der Waals surface area contributed by atoms with E-state index in [1.807, 2.05) is 66.7 Å². The molecule has 0 unspecified atom stereocenters. The topological polar surface area (TPSA) is 84.1 Å². The van der Waals surface area contributed by atoms with Gasteiger partial charge in [-0.2, -0.15) is 0 Å². The highest BCUT2D eigenvalue weighted by Crippen LogP contribution is 2.24. The number of para-hydroxylation sites is 1. The third-order valence-electron chi connectivity index (χ3n) is 5.44. The Morgan fingerprint density at radius 3 is 2.32 bits per heavy atom. The molecule has 170 valence electrons. The minimum atomic E-state index is -3.68. The molecule has 0 amide bonds. The van der Waals surface area contributed by atoms with E-state index < -0.39 is 10.0 Å². The van der Waals surface area contributed by atoms with Crippen molar-refractivity contribution < 1.29 is 13.2 Å². The number of benzene rings is 4. The molecule has 7 heteroatoms. The van der Waals surface area contributed by atoms with Gasteiger partial charge in [-0.3, -0.25) is 4.72 Å². The van der Waals surface area contributed by atoms with Gasteiger partial charge in [0, 0.05) is 6.42 Å². The molecule has 34 heavy (non-hydrogen) atoms. The van der Waals surface area contributed by atoms with Gasteiger partial charge in [0.15, 0.2) is 0 Å². The van der Waals surface area contributed by atoms with Gasteiger partial charge < -0.3 is 9.72 Å². The Hall–Kier alpha value is -4.10. The number of fused-ring (bicyclic) bond motifs is 1. The molecule has 0 aliphatic heterocycles. The maximum atomic E-state index is 12.8. The second-order valence-corrected chi connectivity index (χ2v) is 9.67. The lowest BCUT2D eigenvalue weighted by atomic mass is 10.1. The monoisotopic (exact) mass is 469 g/mol. The van der Waals surface area contributed by atoms with Crippen LogP contribution in [-0.4, -0.2) is 18.4 Å². The summed E-state index contributed by atoms with van der Waals surface area (Å²) in [6.07, 6.45) is 0.616. The molecule has 0 aliphatic rings. The molecule has 4 aromatic carbocycles. The highest BCUT2D eigenvalue weighted by molar-refractivity contribution is 7.92. The molecule has 2 N–H and O–H groups in total. The lowest BCUT2D eigenvalue weighted by Crippen LogP contribution is -2.14. The van der Waals surface area contributed by atoms with Crippen molar-refractivity contribution >= 4 is 26.7 Å². The lowest BCUT2D eigenvalue weighted by molar-refractivity contribution is 0.482. The first-order chi connectivity index (χ1) is 16.5. The summed E-state index contributed by atoms with van der Waals surface area (Å²) in [5, 5.41) is 0. The number of imidazole rings is 1. The van der Waals surface area contributed by atoms with Gasteiger partial charge in [-0.15, -0.1) is 0 Å². The molecule has 1 aromatic heterocycles. The van der Waals surface area contributed by atoms with Gasteiger partial charge in [0.05, 0.1) is 21.6 Å². The Balaban J connectivity index is 1.31. The molecule has 0 aliphatic carbocycles. The van der Waals surface area contributed by atoms with E-state index in [4.69, 9.17) is 4.74 Å². The van der Waals surface area contributed by atoms with E-state index in [0.29, 0.717) is 17.7 Å². The third-order valence-corrected chi connectivity index (χ3v) is 6.98. The maximum absolute atomic E-state index is 12.8. The summed E-state index contributed by atoms with van der Waals surface area (Å²) in [4.78, 5) is 8.21. The summed E-state index contributed by atoms with van der Waals surface area (Å²) in [5.41, 5.74) is 3.80. The molecular weight excluding hydrogens is 446 g/mol. The third kappa shape index (κ3) is 4.79. The Bertz CT molecular complexity index is 1540. The summed E-state index contributed by atoms with van der Waals surface area (Å²) in [5.74, 6) is 2.36. The smallest absolute Gasteiger partial charge is 0.262 e. The first-order valence-electron chi connectivity index (χ1n) is 10.9. The van der Waals surface area contributed by atoms with Crippen molar-refractivity contribution in [1.82, 2.24) is 9.97 Å². The number of aromatic nitrogens is 2. The quantitative estimate of drug-likeness (QED) is 0.304. The number of sulfonamides is 1. The van der Waals surface area contributed by atoms with Crippen molar-refractivity contribution in [1.29, 1.82) is 0 Å². The van der Waals surface area contributed by atoms with Crippen LogP contribution >= 0.6 is 0 Å².